The molecule has 4 aromatic rings. The molecule has 0 amide bonds. The molecule has 190 valence electrons. The molecule has 0 bridgehead atoms. The normalized spacial score (nSPS) is 21.4. The fraction of sp³-hybridized carbons (Fsp3) is 0.129. The third-order valence-electron chi connectivity index (χ3n) is 7.45. The number of hydrogen-bond acceptors (Lipinski definition) is 4. The van der Waals surface area contributed by atoms with Crippen molar-refractivity contribution in [2.24, 2.45) is 0 Å². The van der Waals surface area contributed by atoms with E-state index in [0.717, 1.165) is 33.0 Å². The summed E-state index contributed by atoms with van der Waals surface area (Å²) in [6.07, 6.45) is 0.215. The third kappa shape index (κ3) is 4.04. The molecule has 0 heterocycles. The molecule has 7 heteroatoms. The lowest BCUT2D eigenvalue weighted by atomic mass is 9.77. The van der Waals surface area contributed by atoms with Gasteiger partial charge in [-0.3, -0.25) is 0 Å². The number of hydrogen-bond donors (Lipinski definition) is 4. The first kappa shape index (κ1) is 24.9. The quantitative estimate of drug-likeness (QED) is 0.296. The van der Waals surface area contributed by atoms with Crippen molar-refractivity contribution in [2.75, 3.05) is 0 Å². The van der Waals surface area contributed by atoms with E-state index in [-0.39, 0.29) is 10.6 Å². The second-order valence-electron chi connectivity index (χ2n) is 9.62. The lowest BCUT2D eigenvalue weighted by molar-refractivity contribution is 0.0689. The number of carboxylic acids is 1. The first-order chi connectivity index (χ1) is 18.2. The van der Waals surface area contributed by atoms with Crippen LogP contribution in [-0.2, 0) is 0 Å². The monoisotopic (exact) mass is 544 g/mol. The van der Waals surface area contributed by atoms with Gasteiger partial charge in [-0.2, -0.15) is 0 Å². The Bertz CT molecular complexity index is 1730. The van der Waals surface area contributed by atoms with Crippen molar-refractivity contribution in [3.63, 3.8) is 0 Å². The molecule has 4 N–H and O–H groups in total. The van der Waals surface area contributed by atoms with E-state index in [0.29, 0.717) is 21.4 Å². The van der Waals surface area contributed by atoms with Gasteiger partial charge in [-0.05, 0) is 97.9 Å². The van der Waals surface area contributed by atoms with E-state index in [1.54, 1.807) is 12.2 Å². The van der Waals surface area contributed by atoms with Crippen molar-refractivity contribution in [1.82, 2.24) is 0 Å². The van der Waals surface area contributed by atoms with Gasteiger partial charge in [-0.15, -0.1) is 0 Å². The van der Waals surface area contributed by atoms with E-state index in [2.05, 4.69) is 0 Å². The van der Waals surface area contributed by atoms with Gasteiger partial charge in [0.2, 0.25) is 0 Å². The summed E-state index contributed by atoms with van der Waals surface area (Å²) >= 11 is 12.4. The molecule has 0 saturated heterocycles. The molecule has 38 heavy (non-hydrogen) atoms. The number of carboxylic acid groups (broad SMARTS) is 1. The summed E-state index contributed by atoms with van der Waals surface area (Å²) < 4.78 is 0. The van der Waals surface area contributed by atoms with Gasteiger partial charge in [0.25, 0.3) is 0 Å². The van der Waals surface area contributed by atoms with Crippen molar-refractivity contribution in [3.05, 3.63) is 116 Å². The van der Waals surface area contributed by atoms with Crippen LogP contribution < -0.4 is 10.4 Å². The number of benzene rings is 4. The Morgan fingerprint density at radius 2 is 1.39 bits per heavy atom. The summed E-state index contributed by atoms with van der Waals surface area (Å²) in [6, 6.07) is 21.4. The summed E-state index contributed by atoms with van der Waals surface area (Å²) in [4.78, 5) is 11.5. The van der Waals surface area contributed by atoms with Gasteiger partial charge in [0.1, 0.15) is 0 Å². The van der Waals surface area contributed by atoms with E-state index in [1.165, 1.54) is 18.2 Å². The number of aromatic carboxylic acids is 1. The summed E-state index contributed by atoms with van der Waals surface area (Å²) in [6.45, 7) is 0. The Balaban J connectivity index is 1.49. The van der Waals surface area contributed by atoms with Crippen molar-refractivity contribution in [1.29, 1.82) is 0 Å². The zero-order chi connectivity index (χ0) is 26.7. The maximum Gasteiger partial charge on any atom is 0.335 e. The molecule has 4 unspecified atom stereocenters. The average molecular weight is 545 g/mol. The molecular weight excluding hydrogens is 523 g/mol. The van der Waals surface area contributed by atoms with E-state index < -0.39 is 30.2 Å². The summed E-state index contributed by atoms with van der Waals surface area (Å²) in [7, 11) is 0. The Morgan fingerprint density at radius 3 is 2.13 bits per heavy atom. The van der Waals surface area contributed by atoms with Crippen LogP contribution in [0.1, 0.15) is 45.2 Å². The van der Waals surface area contributed by atoms with Crippen LogP contribution in [0.15, 0.2) is 72.8 Å². The van der Waals surface area contributed by atoms with Crippen LogP contribution in [0, 0.1) is 0 Å². The lowest BCUT2D eigenvalue weighted by Gasteiger charge is -2.32. The minimum atomic E-state index is -1.15. The molecule has 2 aliphatic rings. The minimum absolute atomic E-state index is 0.0181. The zero-order valence-electron chi connectivity index (χ0n) is 19.8. The highest BCUT2D eigenvalue weighted by molar-refractivity contribution is 6.31. The number of aliphatic hydroxyl groups excluding tert-OH is 3. The summed E-state index contributed by atoms with van der Waals surface area (Å²) in [5.41, 5.74) is 5.40. The van der Waals surface area contributed by atoms with Crippen molar-refractivity contribution in [3.8, 4) is 22.3 Å². The van der Waals surface area contributed by atoms with Crippen LogP contribution in [0.5, 0.6) is 0 Å². The Kier molecular flexibility index (Phi) is 6.14. The first-order valence-electron chi connectivity index (χ1n) is 12.1. The van der Waals surface area contributed by atoms with Crippen LogP contribution in [0.2, 0.25) is 10.0 Å². The molecule has 0 saturated carbocycles. The lowest BCUT2D eigenvalue weighted by Crippen LogP contribution is -2.42. The molecule has 0 aliphatic heterocycles. The standard InChI is InChI=1S/C31H22Cl2O5/c32-18-5-1-15(2-6-18)16-3-7-20-22(11-16)19-8-9-21-24(23(19)13-27(20)34)14-28(35)29(30(21)36)25-12-17(31(37)38)4-10-26(25)33/h1-14,27-30,34-36H,(H,37,38). The molecule has 5 nitrogen and oxygen atoms in total. The maximum atomic E-state index is 11.5. The Hall–Kier alpha value is -3.45. The molecule has 0 aromatic heterocycles. The molecule has 4 aromatic carbocycles. The highest BCUT2D eigenvalue weighted by Gasteiger charge is 2.35. The van der Waals surface area contributed by atoms with Crippen molar-refractivity contribution >= 4 is 41.3 Å². The van der Waals surface area contributed by atoms with Gasteiger partial charge in [-0.25, -0.2) is 4.79 Å². The summed E-state index contributed by atoms with van der Waals surface area (Å²) in [5, 5.41) is 45.3. The molecular formula is C31H22Cl2O5. The van der Waals surface area contributed by atoms with Crippen molar-refractivity contribution in [2.45, 2.75) is 24.2 Å². The van der Waals surface area contributed by atoms with E-state index in [4.69, 9.17) is 23.2 Å². The van der Waals surface area contributed by atoms with Crippen LogP contribution in [0.3, 0.4) is 0 Å². The van der Waals surface area contributed by atoms with Crippen LogP contribution in [0.4, 0.5) is 0 Å². The molecule has 0 spiro atoms. The fourth-order valence-electron chi connectivity index (χ4n) is 5.57. The minimum Gasteiger partial charge on any atom is -0.478 e. The van der Waals surface area contributed by atoms with E-state index >= 15 is 0 Å². The maximum absolute atomic E-state index is 11.5. The van der Waals surface area contributed by atoms with Gasteiger partial charge < -0.3 is 20.4 Å². The predicted molar refractivity (Wildman–Crippen MR) is 148 cm³/mol. The second-order valence-corrected chi connectivity index (χ2v) is 10.5. The van der Waals surface area contributed by atoms with Gasteiger partial charge in [0.05, 0.1) is 23.9 Å². The molecule has 4 atom stereocenters. The largest absolute Gasteiger partial charge is 0.478 e. The highest BCUT2D eigenvalue weighted by atomic mass is 35.5. The SMILES string of the molecule is O=C(O)c1ccc(Cl)c(C2C(O)C=c3c(ccc4c3=CC(O)c3ccc(-c5ccc(Cl)cc5)cc3-4)C2O)c1. The number of aliphatic hydroxyl groups is 3. The predicted octanol–water partition coefficient (Wildman–Crippen LogP) is 4.83. The molecule has 2 aliphatic carbocycles. The van der Waals surface area contributed by atoms with Gasteiger partial charge in [-0.1, -0.05) is 59.6 Å². The highest BCUT2D eigenvalue weighted by Crippen LogP contribution is 2.40. The summed E-state index contributed by atoms with van der Waals surface area (Å²) in [5.74, 6) is -1.98. The number of rotatable bonds is 3. The fourth-order valence-corrected chi connectivity index (χ4v) is 5.94. The first-order valence-corrected chi connectivity index (χ1v) is 12.8. The van der Waals surface area contributed by atoms with Gasteiger partial charge in [0, 0.05) is 16.0 Å². The Labute approximate surface area is 228 Å². The second kappa shape index (κ2) is 9.38. The van der Waals surface area contributed by atoms with Crippen molar-refractivity contribution < 1.29 is 25.2 Å². The van der Waals surface area contributed by atoms with Crippen LogP contribution >= 0.6 is 23.2 Å². The van der Waals surface area contributed by atoms with Crippen LogP contribution in [0.25, 0.3) is 34.4 Å². The zero-order valence-corrected chi connectivity index (χ0v) is 21.4. The number of carbonyl (C=O) groups is 1. The molecule has 6 rings (SSSR count). The van der Waals surface area contributed by atoms with Crippen LogP contribution in [-0.4, -0.2) is 32.5 Å². The smallest absolute Gasteiger partial charge is 0.335 e. The molecule has 0 fully saturated rings. The molecule has 0 radical (unpaired) electrons. The third-order valence-corrected chi connectivity index (χ3v) is 8.05. The van der Waals surface area contributed by atoms with E-state index in [1.807, 2.05) is 54.6 Å². The van der Waals surface area contributed by atoms with Gasteiger partial charge in [0.15, 0.2) is 0 Å². The topological polar surface area (TPSA) is 98.0 Å². The van der Waals surface area contributed by atoms with E-state index in [9.17, 15) is 25.2 Å². The average Bonchev–Trinajstić information content (AvgIpc) is 2.90. The number of halogens is 2. The number of fused-ring (bicyclic) bond motifs is 5. The van der Waals surface area contributed by atoms with Gasteiger partial charge >= 0.3 is 5.97 Å². The Morgan fingerprint density at radius 1 is 0.684 bits per heavy atom.